The Labute approximate surface area is 373 Å². The van der Waals surface area contributed by atoms with Crippen LogP contribution < -0.4 is 16.4 Å². The van der Waals surface area contributed by atoms with Crippen LogP contribution >= 0.6 is 0 Å². The fourth-order valence-electron chi connectivity index (χ4n) is 4.75. The summed E-state index contributed by atoms with van der Waals surface area (Å²) in [5, 5.41) is 5.70. The lowest BCUT2D eigenvalue weighted by Gasteiger charge is -2.34. The summed E-state index contributed by atoms with van der Waals surface area (Å²) < 4.78 is 81.9. The van der Waals surface area contributed by atoms with Gasteiger partial charge in [0.25, 0.3) is 0 Å². The van der Waals surface area contributed by atoms with Crippen molar-refractivity contribution in [3.8, 4) is 0 Å². The Bertz CT molecular complexity index is 991. The molecule has 4 N–H and O–H groups in total. The van der Waals surface area contributed by atoms with E-state index in [-0.39, 0.29) is 90.4 Å². The number of aldehydes is 2. The maximum absolute atomic E-state index is 13.0. The van der Waals surface area contributed by atoms with Crippen LogP contribution in [0, 0.1) is 0 Å². The van der Waals surface area contributed by atoms with Gasteiger partial charge in [0.2, 0.25) is 11.8 Å². The molecule has 0 heterocycles. The van der Waals surface area contributed by atoms with Crippen molar-refractivity contribution in [2.45, 2.75) is 31.2 Å². The molecule has 0 saturated heterocycles. The van der Waals surface area contributed by atoms with Crippen LogP contribution in [0.3, 0.4) is 0 Å². The summed E-state index contributed by atoms with van der Waals surface area (Å²) in [6, 6.07) is 0. The second kappa shape index (κ2) is 50.6. The fraction of sp³-hybridized carbons (Fsp3) is 0.902. The summed E-state index contributed by atoms with van der Waals surface area (Å²) in [6.07, 6.45) is 1.86. The first-order valence-electron chi connectivity index (χ1n) is 21.8. The van der Waals surface area contributed by atoms with E-state index in [1.165, 1.54) is 0 Å². The lowest BCUT2D eigenvalue weighted by molar-refractivity contribution is -0.130. The Hall–Kier alpha value is -2.36. The van der Waals surface area contributed by atoms with Crippen LogP contribution in [-0.2, 0) is 90.2 Å². The van der Waals surface area contributed by atoms with E-state index in [2.05, 4.69) is 10.6 Å². The van der Waals surface area contributed by atoms with Crippen LogP contribution in [0.15, 0.2) is 0 Å². The van der Waals surface area contributed by atoms with Gasteiger partial charge in [-0.2, -0.15) is 0 Å². The van der Waals surface area contributed by atoms with Crippen molar-refractivity contribution < 1.29 is 90.2 Å². The fourth-order valence-corrected chi connectivity index (χ4v) is 4.75. The minimum absolute atomic E-state index is 0.0289. The molecule has 63 heavy (non-hydrogen) atoms. The summed E-state index contributed by atoms with van der Waals surface area (Å²) in [5.74, 6) is -0.598. The van der Waals surface area contributed by atoms with Crippen LogP contribution in [0.4, 0.5) is 0 Å². The van der Waals surface area contributed by atoms with Crippen LogP contribution in [-0.4, -0.2) is 242 Å². The smallest absolute Gasteiger partial charge is 0.222 e. The minimum atomic E-state index is -1.16. The zero-order valence-electron chi connectivity index (χ0n) is 37.7. The van der Waals surface area contributed by atoms with Crippen molar-refractivity contribution in [1.29, 1.82) is 0 Å². The first kappa shape index (κ1) is 60.6. The van der Waals surface area contributed by atoms with E-state index in [4.69, 9.17) is 76.8 Å². The molecule has 2 amide bonds. The van der Waals surface area contributed by atoms with Gasteiger partial charge < -0.3 is 97.0 Å². The van der Waals surface area contributed by atoms with Crippen molar-refractivity contribution in [2.24, 2.45) is 5.73 Å². The molecule has 0 bridgehead atoms. The number of methoxy groups -OCH3 is 1. The minimum Gasteiger partial charge on any atom is -0.382 e. The van der Waals surface area contributed by atoms with E-state index >= 15 is 0 Å². The third-order valence-electron chi connectivity index (χ3n) is 7.86. The number of carbonyl (C=O) groups excluding carboxylic acids is 4. The topological polar surface area (TPSA) is 257 Å². The number of nitrogens with two attached hydrogens (primary N) is 1. The molecular weight excluding hydrogens is 838 g/mol. The molecule has 0 atom stereocenters. The predicted octanol–water partition coefficient (Wildman–Crippen LogP) is -1.25. The summed E-state index contributed by atoms with van der Waals surface area (Å²) in [6.45, 7) is 10.8. The molecule has 22 nitrogen and oxygen atoms in total. The average molecular weight is 918 g/mol. The van der Waals surface area contributed by atoms with Crippen molar-refractivity contribution in [1.82, 2.24) is 10.6 Å². The molecule has 0 aliphatic rings. The van der Waals surface area contributed by atoms with E-state index in [0.29, 0.717) is 152 Å². The van der Waals surface area contributed by atoms with Gasteiger partial charge in [0.05, 0.1) is 192 Å². The molecule has 22 heteroatoms. The predicted molar refractivity (Wildman–Crippen MR) is 227 cm³/mol. The molecule has 0 aromatic heterocycles. The van der Waals surface area contributed by atoms with Gasteiger partial charge in [-0.05, 0) is 0 Å². The molecule has 0 aromatic carbocycles. The summed E-state index contributed by atoms with van der Waals surface area (Å²) >= 11 is 0. The third kappa shape index (κ3) is 46.0. The van der Waals surface area contributed by atoms with Gasteiger partial charge in [0, 0.05) is 45.9 Å². The zero-order chi connectivity index (χ0) is 45.8. The van der Waals surface area contributed by atoms with Gasteiger partial charge in [-0.15, -0.1) is 0 Å². The number of carbonyl (C=O) groups is 4. The lowest BCUT2D eigenvalue weighted by Crippen LogP contribution is -2.58. The number of hydrogen-bond acceptors (Lipinski definition) is 20. The molecule has 0 spiro atoms. The van der Waals surface area contributed by atoms with Gasteiger partial charge in [0.15, 0.2) is 0 Å². The Morgan fingerprint density at radius 3 is 1.11 bits per heavy atom. The molecule has 0 rings (SSSR count). The van der Waals surface area contributed by atoms with Crippen molar-refractivity contribution in [2.75, 3.05) is 212 Å². The molecule has 0 aliphatic carbocycles. The molecule has 0 aliphatic heterocycles. The largest absolute Gasteiger partial charge is 0.382 e. The highest BCUT2D eigenvalue weighted by molar-refractivity contribution is 5.77. The van der Waals surface area contributed by atoms with E-state index in [1.54, 1.807) is 7.11 Å². The van der Waals surface area contributed by atoms with Gasteiger partial charge in [-0.3, -0.25) is 9.59 Å². The number of rotatable bonds is 54. The van der Waals surface area contributed by atoms with E-state index in [9.17, 15) is 19.2 Å². The Kier molecular flexibility index (Phi) is 48.7. The highest BCUT2D eigenvalue weighted by atomic mass is 16.6. The monoisotopic (exact) mass is 918 g/mol. The lowest BCUT2D eigenvalue weighted by atomic mass is 10.0. The van der Waals surface area contributed by atoms with E-state index in [0.717, 1.165) is 12.6 Å². The van der Waals surface area contributed by atoms with Gasteiger partial charge in [-0.25, -0.2) is 0 Å². The van der Waals surface area contributed by atoms with Crippen LogP contribution in [0.2, 0.25) is 0 Å². The second-order valence-electron chi connectivity index (χ2n) is 13.3. The molecular formula is C41H79N3O19. The Balaban J connectivity index is 4.17. The highest BCUT2D eigenvalue weighted by Crippen LogP contribution is 2.11. The summed E-state index contributed by atoms with van der Waals surface area (Å²) in [4.78, 5) is 47.2. The average Bonchev–Trinajstić information content (AvgIpc) is 3.28. The van der Waals surface area contributed by atoms with Crippen LogP contribution in [0.1, 0.15) is 25.7 Å². The number of amides is 2. The molecule has 0 saturated carbocycles. The van der Waals surface area contributed by atoms with Gasteiger partial charge in [0.1, 0.15) is 18.1 Å². The van der Waals surface area contributed by atoms with Gasteiger partial charge in [-0.1, -0.05) is 0 Å². The maximum atomic E-state index is 13.0. The standard InChI is InChI=1S/C41H79N3O19/c1-49-16-17-53-24-25-57-30-31-59-34-35-60-33-32-58-29-28-56-23-20-52-15-7-43-39(47)4-13-63-38-41(36-61-10-2-8-45,37-62-11-3-9-46)44-40(48)5-12-50-18-21-54-26-27-55-22-19-51-14-6-42/h8-9H,2-7,10-38,42H2,1H3,(H,43,47)(H,44,48). The number of ether oxygens (including phenoxy) is 15. The van der Waals surface area contributed by atoms with Crippen LogP contribution in [0.5, 0.6) is 0 Å². The summed E-state index contributed by atoms with van der Waals surface area (Å²) in [7, 11) is 1.63. The van der Waals surface area contributed by atoms with Crippen molar-refractivity contribution in [3.63, 3.8) is 0 Å². The summed E-state index contributed by atoms with van der Waals surface area (Å²) in [5.41, 5.74) is 4.20. The SMILES string of the molecule is COCCOCCOCCOCCOCCOCCOCCOCCNC(=O)CCOCC(COCCC=O)(COCCC=O)NC(=O)CCOCCOCCOCCOCCN. The normalized spacial score (nSPS) is 11.6. The molecule has 0 radical (unpaired) electrons. The molecule has 0 aromatic rings. The van der Waals surface area contributed by atoms with E-state index in [1.807, 2.05) is 0 Å². The Morgan fingerprint density at radius 2 is 0.730 bits per heavy atom. The molecule has 0 fully saturated rings. The van der Waals surface area contributed by atoms with Crippen LogP contribution in [0.25, 0.3) is 0 Å². The zero-order valence-corrected chi connectivity index (χ0v) is 37.7. The second-order valence-corrected chi connectivity index (χ2v) is 13.3. The highest BCUT2D eigenvalue weighted by Gasteiger charge is 2.33. The number of nitrogens with one attached hydrogen (secondary N) is 2. The molecule has 372 valence electrons. The van der Waals surface area contributed by atoms with E-state index < -0.39 is 5.54 Å². The third-order valence-corrected chi connectivity index (χ3v) is 7.86. The van der Waals surface area contributed by atoms with Gasteiger partial charge >= 0.3 is 0 Å². The Morgan fingerprint density at radius 1 is 0.413 bits per heavy atom. The maximum Gasteiger partial charge on any atom is 0.222 e. The first-order valence-corrected chi connectivity index (χ1v) is 21.8. The quantitative estimate of drug-likeness (QED) is 0.0476. The van der Waals surface area contributed by atoms with Crippen molar-refractivity contribution >= 4 is 24.4 Å². The van der Waals surface area contributed by atoms with Crippen molar-refractivity contribution in [3.05, 3.63) is 0 Å². The number of hydrogen-bond donors (Lipinski definition) is 3. The molecule has 0 unspecified atom stereocenters. The first-order chi connectivity index (χ1) is 31.0.